The molecule has 0 bridgehead atoms. The molecule has 2 heterocycles. The van der Waals surface area contributed by atoms with E-state index in [2.05, 4.69) is 9.97 Å². The topological polar surface area (TPSA) is 35.0 Å². The molecule has 4 heteroatoms. The van der Waals surface area contributed by atoms with Crippen LogP contribution in [0.4, 0.5) is 0 Å². The fourth-order valence-electron chi connectivity index (χ4n) is 1.86. The molecule has 2 aromatic rings. The van der Waals surface area contributed by atoms with Crippen LogP contribution in [0.15, 0.2) is 48.8 Å². The second-order valence-corrected chi connectivity index (χ2v) is 4.47. The van der Waals surface area contributed by atoms with Gasteiger partial charge in [-0.3, -0.25) is 0 Å². The third-order valence-electron chi connectivity index (χ3n) is 2.77. The molecule has 90 valence electrons. The van der Waals surface area contributed by atoms with Crippen LogP contribution >= 0.6 is 11.6 Å². The summed E-state index contributed by atoms with van der Waals surface area (Å²) in [6.45, 7) is 0.653. The maximum atomic E-state index is 5.94. The largest absolute Gasteiger partial charge is 0.365 e. The lowest BCUT2D eigenvalue weighted by molar-refractivity contribution is 0.129. The summed E-state index contributed by atoms with van der Waals surface area (Å²) in [6, 6.07) is 7.50. The fraction of sp³-hybridized carbons (Fsp3) is 0.143. The lowest BCUT2D eigenvalue weighted by atomic mass is 10.2. The molecule has 0 saturated heterocycles. The normalized spacial score (nSPS) is 18.2. The van der Waals surface area contributed by atoms with Gasteiger partial charge in [-0.1, -0.05) is 35.9 Å². The average Bonchev–Trinajstić information content (AvgIpc) is 2.93. The number of aromatic nitrogens is 2. The lowest BCUT2D eigenvalue weighted by Crippen LogP contribution is -1.99. The Labute approximate surface area is 110 Å². The van der Waals surface area contributed by atoms with E-state index in [-0.39, 0.29) is 6.10 Å². The quantitative estimate of drug-likeness (QED) is 0.774. The van der Waals surface area contributed by atoms with E-state index in [9.17, 15) is 0 Å². The van der Waals surface area contributed by atoms with E-state index in [1.54, 1.807) is 12.4 Å². The van der Waals surface area contributed by atoms with Gasteiger partial charge in [0.1, 0.15) is 6.10 Å². The first-order chi connectivity index (χ1) is 8.83. The van der Waals surface area contributed by atoms with Crippen molar-refractivity contribution in [2.45, 2.75) is 6.10 Å². The van der Waals surface area contributed by atoms with Crippen LogP contribution in [-0.2, 0) is 4.74 Å². The maximum Gasteiger partial charge on any atom is 0.159 e. The van der Waals surface area contributed by atoms with Crippen LogP contribution < -0.4 is 0 Å². The Morgan fingerprint density at radius 1 is 1.22 bits per heavy atom. The minimum atomic E-state index is -0.0154. The zero-order chi connectivity index (χ0) is 12.4. The summed E-state index contributed by atoms with van der Waals surface area (Å²) in [5, 5.41) is 0.683. The highest BCUT2D eigenvalue weighted by Gasteiger charge is 2.13. The van der Waals surface area contributed by atoms with Crippen LogP contribution in [0.25, 0.3) is 11.4 Å². The number of benzene rings is 1. The first-order valence-corrected chi connectivity index (χ1v) is 6.07. The van der Waals surface area contributed by atoms with E-state index in [1.165, 1.54) is 0 Å². The third kappa shape index (κ3) is 2.28. The van der Waals surface area contributed by atoms with Crippen molar-refractivity contribution in [2.24, 2.45) is 0 Å². The molecule has 3 rings (SSSR count). The van der Waals surface area contributed by atoms with Crippen molar-refractivity contribution >= 4 is 11.6 Å². The third-order valence-corrected chi connectivity index (χ3v) is 3.00. The summed E-state index contributed by atoms with van der Waals surface area (Å²) < 4.78 is 5.49. The van der Waals surface area contributed by atoms with Gasteiger partial charge in [0.2, 0.25) is 0 Å². The van der Waals surface area contributed by atoms with Crippen molar-refractivity contribution in [3.8, 4) is 11.4 Å². The van der Waals surface area contributed by atoms with E-state index >= 15 is 0 Å². The Bertz CT molecular complexity index is 581. The summed E-state index contributed by atoms with van der Waals surface area (Å²) in [6.07, 6.45) is 7.58. The smallest absolute Gasteiger partial charge is 0.159 e. The molecule has 0 spiro atoms. The molecule has 1 aliphatic rings. The molecule has 0 unspecified atom stereocenters. The molecule has 1 atom stereocenters. The van der Waals surface area contributed by atoms with Crippen molar-refractivity contribution in [2.75, 3.05) is 6.61 Å². The molecule has 0 fully saturated rings. The van der Waals surface area contributed by atoms with Gasteiger partial charge in [0.05, 0.1) is 6.61 Å². The zero-order valence-corrected chi connectivity index (χ0v) is 10.3. The van der Waals surface area contributed by atoms with Gasteiger partial charge in [0, 0.05) is 28.5 Å². The molecule has 1 aliphatic heterocycles. The summed E-state index contributed by atoms with van der Waals surface area (Å²) in [4.78, 5) is 8.70. The summed E-state index contributed by atoms with van der Waals surface area (Å²) in [7, 11) is 0. The van der Waals surface area contributed by atoms with Crippen LogP contribution in [-0.4, -0.2) is 16.6 Å². The minimum Gasteiger partial charge on any atom is -0.365 e. The molecule has 0 aliphatic carbocycles. The van der Waals surface area contributed by atoms with Gasteiger partial charge in [0.15, 0.2) is 5.82 Å². The number of nitrogens with zero attached hydrogens (tertiary/aromatic N) is 2. The van der Waals surface area contributed by atoms with Gasteiger partial charge in [-0.2, -0.15) is 0 Å². The van der Waals surface area contributed by atoms with E-state index in [0.717, 1.165) is 11.1 Å². The Morgan fingerprint density at radius 3 is 2.72 bits per heavy atom. The van der Waals surface area contributed by atoms with Gasteiger partial charge in [0.25, 0.3) is 0 Å². The summed E-state index contributed by atoms with van der Waals surface area (Å²) >= 11 is 5.94. The molecular weight excluding hydrogens is 248 g/mol. The highest BCUT2D eigenvalue weighted by molar-refractivity contribution is 6.30. The van der Waals surface area contributed by atoms with E-state index in [4.69, 9.17) is 16.3 Å². The minimum absolute atomic E-state index is 0.0154. The van der Waals surface area contributed by atoms with Crippen molar-refractivity contribution < 1.29 is 4.74 Å². The first kappa shape index (κ1) is 11.4. The molecule has 0 saturated carbocycles. The highest BCUT2D eigenvalue weighted by atomic mass is 35.5. The molecule has 0 N–H and O–H groups in total. The Hall–Kier alpha value is -1.71. The van der Waals surface area contributed by atoms with E-state index < -0.39 is 0 Å². The van der Waals surface area contributed by atoms with E-state index in [1.807, 2.05) is 36.4 Å². The zero-order valence-electron chi connectivity index (χ0n) is 9.58. The number of ether oxygens (including phenoxy) is 1. The van der Waals surface area contributed by atoms with Crippen LogP contribution in [0.3, 0.4) is 0 Å². The average molecular weight is 259 g/mol. The van der Waals surface area contributed by atoms with Crippen LogP contribution in [0.5, 0.6) is 0 Å². The monoisotopic (exact) mass is 258 g/mol. The SMILES string of the molecule is Clc1cccc(-c2ncc([C@H]3C=CCO3)cn2)c1. The second-order valence-electron chi connectivity index (χ2n) is 4.03. The molecular formula is C14H11ClN2O. The van der Waals surface area contributed by atoms with Gasteiger partial charge < -0.3 is 4.74 Å². The lowest BCUT2D eigenvalue weighted by Gasteiger charge is -2.08. The predicted molar refractivity (Wildman–Crippen MR) is 70.3 cm³/mol. The first-order valence-electron chi connectivity index (χ1n) is 5.69. The van der Waals surface area contributed by atoms with Crippen molar-refractivity contribution in [3.05, 3.63) is 59.4 Å². The standard InChI is InChI=1S/C14H11ClN2O/c15-12-4-1-3-10(7-12)14-16-8-11(9-17-14)13-5-2-6-18-13/h1-5,7-9,13H,6H2/t13-/m1/s1. The Kier molecular flexibility index (Phi) is 3.09. The van der Waals surface area contributed by atoms with Gasteiger partial charge in [-0.25, -0.2) is 9.97 Å². The van der Waals surface area contributed by atoms with E-state index in [0.29, 0.717) is 17.5 Å². The number of rotatable bonds is 2. The molecule has 1 aromatic carbocycles. The van der Waals surface area contributed by atoms with Crippen molar-refractivity contribution in [1.82, 2.24) is 9.97 Å². The molecule has 1 aromatic heterocycles. The van der Waals surface area contributed by atoms with Crippen molar-refractivity contribution in [1.29, 1.82) is 0 Å². The van der Waals surface area contributed by atoms with Gasteiger partial charge in [-0.15, -0.1) is 0 Å². The summed E-state index contributed by atoms with van der Waals surface area (Å²) in [5.41, 5.74) is 1.88. The Morgan fingerprint density at radius 2 is 2.06 bits per heavy atom. The van der Waals surface area contributed by atoms with Crippen molar-refractivity contribution in [3.63, 3.8) is 0 Å². The molecule has 18 heavy (non-hydrogen) atoms. The number of hydrogen-bond acceptors (Lipinski definition) is 3. The maximum absolute atomic E-state index is 5.94. The second kappa shape index (κ2) is 4.88. The summed E-state index contributed by atoms with van der Waals surface area (Å²) in [5.74, 6) is 0.670. The number of hydrogen-bond donors (Lipinski definition) is 0. The number of halogens is 1. The molecule has 3 nitrogen and oxygen atoms in total. The van der Waals surface area contributed by atoms with Crippen LogP contribution in [0.2, 0.25) is 5.02 Å². The van der Waals surface area contributed by atoms with Crippen LogP contribution in [0.1, 0.15) is 11.7 Å². The molecule has 0 amide bonds. The Balaban J connectivity index is 1.88. The predicted octanol–water partition coefficient (Wildman–Crippen LogP) is 3.42. The van der Waals surface area contributed by atoms with Crippen LogP contribution in [0, 0.1) is 0 Å². The molecule has 0 radical (unpaired) electrons. The fourth-order valence-corrected chi connectivity index (χ4v) is 2.05. The van der Waals surface area contributed by atoms with Gasteiger partial charge in [-0.05, 0) is 12.1 Å². The highest BCUT2D eigenvalue weighted by Crippen LogP contribution is 2.24. The van der Waals surface area contributed by atoms with Gasteiger partial charge >= 0.3 is 0 Å².